The molecule has 1 rings (SSSR count). The third-order valence-electron chi connectivity index (χ3n) is 2.30. The van der Waals surface area contributed by atoms with Crippen LogP contribution in [0.5, 0.6) is 0 Å². The molecule has 0 spiro atoms. The monoisotopic (exact) mass is 216 g/mol. The van der Waals surface area contributed by atoms with Gasteiger partial charge in [-0.25, -0.2) is 0 Å². The van der Waals surface area contributed by atoms with Crippen LogP contribution in [0, 0.1) is 0 Å². The molecule has 86 valence electrons. The molecular weight excluding hydrogens is 200 g/mol. The Bertz CT molecular complexity index is 248. The van der Waals surface area contributed by atoms with Crippen LogP contribution in [0.3, 0.4) is 0 Å². The predicted molar refractivity (Wildman–Crippen MR) is 51.9 cm³/mol. The minimum absolute atomic E-state index is 0.314. The van der Waals surface area contributed by atoms with E-state index in [1.807, 2.05) is 0 Å². The maximum absolute atomic E-state index is 10.8. The molecule has 0 aromatic heterocycles. The van der Waals surface area contributed by atoms with E-state index in [0.29, 0.717) is 12.8 Å². The standard InChI is InChI=1S/C10H16O5/c1-6(11)7(12)2-3-8(13)9-4-5-10(14)15-9/h2-3,6-9,11-13H,4-5H2,1H3/b3-2+. The number of esters is 1. The number of cyclic esters (lactones) is 1. The van der Waals surface area contributed by atoms with E-state index in [2.05, 4.69) is 0 Å². The van der Waals surface area contributed by atoms with Crippen LogP contribution in [0.25, 0.3) is 0 Å². The first-order valence-corrected chi connectivity index (χ1v) is 4.92. The summed E-state index contributed by atoms with van der Waals surface area (Å²) in [6.45, 7) is 1.44. The molecule has 0 bridgehead atoms. The van der Waals surface area contributed by atoms with Gasteiger partial charge in [-0.1, -0.05) is 12.2 Å². The van der Waals surface area contributed by atoms with Crippen molar-refractivity contribution in [2.75, 3.05) is 0 Å². The number of hydrogen-bond donors (Lipinski definition) is 3. The summed E-state index contributed by atoms with van der Waals surface area (Å²) < 4.78 is 4.83. The lowest BCUT2D eigenvalue weighted by atomic mass is 10.1. The van der Waals surface area contributed by atoms with Crippen molar-refractivity contribution in [3.8, 4) is 0 Å². The Kier molecular flexibility index (Phi) is 4.26. The lowest BCUT2D eigenvalue weighted by molar-refractivity contribution is -0.144. The van der Waals surface area contributed by atoms with E-state index >= 15 is 0 Å². The number of ether oxygens (including phenoxy) is 1. The summed E-state index contributed by atoms with van der Waals surface area (Å²) in [7, 11) is 0. The van der Waals surface area contributed by atoms with Crippen LogP contribution in [0.15, 0.2) is 12.2 Å². The van der Waals surface area contributed by atoms with Crippen molar-refractivity contribution in [1.82, 2.24) is 0 Å². The molecule has 4 unspecified atom stereocenters. The maximum atomic E-state index is 10.8. The highest BCUT2D eigenvalue weighted by Crippen LogP contribution is 2.17. The Balaban J connectivity index is 2.41. The van der Waals surface area contributed by atoms with Gasteiger partial charge in [0.05, 0.1) is 12.2 Å². The SMILES string of the molecule is CC(O)C(O)/C=C/C(O)C1CCC(=O)O1. The van der Waals surface area contributed by atoms with Gasteiger partial charge in [0, 0.05) is 6.42 Å². The highest BCUT2D eigenvalue weighted by molar-refractivity contribution is 5.71. The fourth-order valence-corrected chi connectivity index (χ4v) is 1.30. The molecule has 0 amide bonds. The van der Waals surface area contributed by atoms with Crippen LogP contribution in [0.4, 0.5) is 0 Å². The van der Waals surface area contributed by atoms with E-state index in [1.165, 1.54) is 19.1 Å². The van der Waals surface area contributed by atoms with Gasteiger partial charge < -0.3 is 20.1 Å². The van der Waals surface area contributed by atoms with E-state index in [4.69, 9.17) is 9.84 Å². The largest absolute Gasteiger partial charge is 0.459 e. The van der Waals surface area contributed by atoms with Crippen LogP contribution in [-0.4, -0.2) is 45.7 Å². The molecular formula is C10H16O5. The number of carbonyl (C=O) groups excluding carboxylic acids is 1. The lowest BCUT2D eigenvalue weighted by Gasteiger charge is -2.14. The first kappa shape index (κ1) is 12.2. The van der Waals surface area contributed by atoms with Gasteiger partial charge in [0.1, 0.15) is 12.2 Å². The summed E-state index contributed by atoms with van der Waals surface area (Å²) in [6, 6.07) is 0. The second-order valence-corrected chi connectivity index (χ2v) is 3.67. The first-order chi connectivity index (χ1) is 7.00. The Morgan fingerprint density at radius 1 is 1.40 bits per heavy atom. The molecule has 0 radical (unpaired) electrons. The summed E-state index contributed by atoms with van der Waals surface area (Å²) in [5.41, 5.74) is 0. The van der Waals surface area contributed by atoms with E-state index in [-0.39, 0.29) is 5.97 Å². The molecule has 0 saturated carbocycles. The van der Waals surface area contributed by atoms with Crippen molar-refractivity contribution < 1.29 is 24.9 Å². The zero-order valence-corrected chi connectivity index (χ0v) is 8.54. The number of carbonyl (C=O) groups is 1. The molecule has 3 N–H and O–H groups in total. The predicted octanol–water partition coefficient (Wildman–Crippen LogP) is -0.649. The molecule has 1 aliphatic heterocycles. The summed E-state index contributed by atoms with van der Waals surface area (Å²) in [5, 5.41) is 27.7. The fraction of sp³-hybridized carbons (Fsp3) is 0.700. The Hall–Kier alpha value is -0.910. The summed E-state index contributed by atoms with van der Waals surface area (Å²) >= 11 is 0. The van der Waals surface area contributed by atoms with Crippen LogP contribution in [0.2, 0.25) is 0 Å². The van der Waals surface area contributed by atoms with Gasteiger partial charge in [0.2, 0.25) is 0 Å². The molecule has 1 heterocycles. The normalized spacial score (nSPS) is 27.7. The zero-order chi connectivity index (χ0) is 11.4. The third kappa shape index (κ3) is 3.62. The molecule has 0 aliphatic carbocycles. The van der Waals surface area contributed by atoms with Gasteiger partial charge in [0.15, 0.2) is 0 Å². The van der Waals surface area contributed by atoms with Crippen molar-refractivity contribution in [3.05, 3.63) is 12.2 Å². The maximum Gasteiger partial charge on any atom is 0.306 e. The van der Waals surface area contributed by atoms with E-state index in [9.17, 15) is 15.0 Å². The molecule has 5 heteroatoms. The fourth-order valence-electron chi connectivity index (χ4n) is 1.30. The van der Waals surface area contributed by atoms with Gasteiger partial charge in [-0.3, -0.25) is 4.79 Å². The highest BCUT2D eigenvalue weighted by atomic mass is 16.6. The van der Waals surface area contributed by atoms with Crippen LogP contribution in [0.1, 0.15) is 19.8 Å². The molecule has 0 aromatic carbocycles. The van der Waals surface area contributed by atoms with Crippen LogP contribution < -0.4 is 0 Å². The Labute approximate surface area is 88.0 Å². The quantitative estimate of drug-likeness (QED) is 0.429. The third-order valence-corrected chi connectivity index (χ3v) is 2.30. The number of aliphatic hydroxyl groups excluding tert-OH is 3. The van der Waals surface area contributed by atoms with E-state index in [0.717, 1.165) is 0 Å². The molecule has 5 nitrogen and oxygen atoms in total. The topological polar surface area (TPSA) is 87.0 Å². The summed E-state index contributed by atoms with van der Waals surface area (Å²) in [4.78, 5) is 10.8. The zero-order valence-electron chi connectivity index (χ0n) is 8.54. The number of rotatable bonds is 4. The number of hydrogen-bond acceptors (Lipinski definition) is 5. The Morgan fingerprint density at radius 2 is 2.07 bits per heavy atom. The number of aliphatic hydroxyl groups is 3. The van der Waals surface area contributed by atoms with Crippen LogP contribution in [-0.2, 0) is 9.53 Å². The molecule has 15 heavy (non-hydrogen) atoms. The molecule has 0 aromatic rings. The van der Waals surface area contributed by atoms with Gasteiger partial charge >= 0.3 is 5.97 Å². The lowest BCUT2D eigenvalue weighted by Crippen LogP contribution is -2.25. The van der Waals surface area contributed by atoms with Crippen molar-refractivity contribution in [2.24, 2.45) is 0 Å². The van der Waals surface area contributed by atoms with E-state index < -0.39 is 24.4 Å². The Morgan fingerprint density at radius 3 is 2.53 bits per heavy atom. The first-order valence-electron chi connectivity index (χ1n) is 4.92. The molecule has 1 saturated heterocycles. The second kappa shape index (κ2) is 5.25. The highest BCUT2D eigenvalue weighted by Gasteiger charge is 2.28. The van der Waals surface area contributed by atoms with Crippen LogP contribution >= 0.6 is 0 Å². The molecule has 1 aliphatic rings. The molecule has 1 fully saturated rings. The van der Waals surface area contributed by atoms with Crippen molar-refractivity contribution in [1.29, 1.82) is 0 Å². The summed E-state index contributed by atoms with van der Waals surface area (Å²) in [6.07, 6.45) is 0.0577. The minimum atomic E-state index is -1.02. The van der Waals surface area contributed by atoms with Gasteiger partial charge in [-0.05, 0) is 13.3 Å². The summed E-state index contributed by atoms with van der Waals surface area (Å²) in [5.74, 6) is -0.316. The van der Waals surface area contributed by atoms with Gasteiger partial charge in [-0.15, -0.1) is 0 Å². The van der Waals surface area contributed by atoms with Crippen molar-refractivity contribution in [3.63, 3.8) is 0 Å². The second-order valence-electron chi connectivity index (χ2n) is 3.67. The smallest absolute Gasteiger partial charge is 0.306 e. The van der Waals surface area contributed by atoms with Gasteiger partial charge in [0.25, 0.3) is 0 Å². The van der Waals surface area contributed by atoms with E-state index in [1.54, 1.807) is 0 Å². The molecule has 4 atom stereocenters. The van der Waals surface area contributed by atoms with Gasteiger partial charge in [-0.2, -0.15) is 0 Å². The van der Waals surface area contributed by atoms with Crippen molar-refractivity contribution >= 4 is 5.97 Å². The average Bonchev–Trinajstić information content (AvgIpc) is 2.60. The minimum Gasteiger partial charge on any atom is -0.459 e. The average molecular weight is 216 g/mol. The van der Waals surface area contributed by atoms with Crippen molar-refractivity contribution in [2.45, 2.75) is 44.2 Å².